The Balaban J connectivity index is 0.000000788. The van der Waals surface area contributed by atoms with Gasteiger partial charge in [-0.1, -0.05) is 205 Å². The van der Waals surface area contributed by atoms with Crippen molar-refractivity contribution in [1.29, 1.82) is 0 Å². The van der Waals surface area contributed by atoms with Crippen LogP contribution in [0.25, 0.3) is 0 Å². The van der Waals surface area contributed by atoms with E-state index in [-0.39, 0.29) is 40.8 Å². The Bertz CT molecular complexity index is 1270. The Morgan fingerprint density at radius 1 is 0.345 bits per heavy atom. The molecule has 3 unspecified atom stereocenters. The van der Waals surface area contributed by atoms with Gasteiger partial charge < -0.3 is 14.7 Å². The maximum atomic E-state index is 11.1. The molecule has 0 bridgehead atoms. The van der Waals surface area contributed by atoms with E-state index in [9.17, 15) is 28.4 Å². The fraction of sp³-hybridized carbons (Fsp3) is 0.600. The van der Waals surface area contributed by atoms with E-state index in [1.165, 1.54) is 116 Å². The van der Waals surface area contributed by atoms with Crippen molar-refractivity contribution >= 4 is 40.0 Å². The van der Waals surface area contributed by atoms with Gasteiger partial charge in [0.1, 0.15) is 0 Å². The standard InChI is InChI=1S/3C15H23O2P.Nd/c3*1-2-3-4-5-6-7-8-11-14-12-9-10-13-15(14)18(16)17;/h3*9-10,12-13H,2-8,11H2,1H3;/q;;;+3. The maximum absolute atomic E-state index is 11.1. The Morgan fingerprint density at radius 3 is 0.764 bits per heavy atom. The van der Waals surface area contributed by atoms with Gasteiger partial charge in [0.25, 0.3) is 0 Å². The molecule has 0 N–H and O–H groups in total. The van der Waals surface area contributed by atoms with E-state index < -0.39 is 24.1 Å². The molecule has 0 aliphatic heterocycles. The molecule has 0 aromatic heterocycles. The zero-order valence-corrected chi connectivity index (χ0v) is 40.1. The number of hydrogen-bond donors (Lipinski definition) is 0. The Morgan fingerprint density at radius 2 is 0.545 bits per heavy atom. The molecule has 0 amide bonds. The Hall–Kier alpha value is -0.809. The maximum Gasteiger partial charge on any atom is 3.00 e. The molecule has 3 aromatic carbocycles. The zero-order chi connectivity index (χ0) is 39.7. The Labute approximate surface area is 370 Å². The summed E-state index contributed by atoms with van der Waals surface area (Å²) in [4.78, 5) is 33.2. The van der Waals surface area contributed by atoms with E-state index in [0.29, 0.717) is 15.9 Å². The average Bonchev–Trinajstić information content (AvgIpc) is 3.17. The Kier molecular flexibility index (Phi) is 36.9. The summed E-state index contributed by atoms with van der Waals surface area (Å²) in [6.07, 6.45) is 29.1. The fourth-order valence-electron chi connectivity index (χ4n) is 6.52. The van der Waals surface area contributed by atoms with Crippen LogP contribution in [-0.4, -0.2) is 0 Å². The summed E-state index contributed by atoms with van der Waals surface area (Å²) in [5.41, 5.74) is 2.92. The molecule has 0 aliphatic rings. The second-order valence-corrected chi connectivity index (χ2v) is 17.3. The number of hydrogen-bond acceptors (Lipinski definition) is 6. The van der Waals surface area contributed by atoms with E-state index in [0.717, 1.165) is 55.2 Å². The molecule has 10 heteroatoms. The van der Waals surface area contributed by atoms with Crippen molar-refractivity contribution in [3.63, 3.8) is 0 Å². The SMILES string of the molecule is CCCCCCCCCc1ccccc1[P+](=O)[O-].CCCCCCCCCc1ccccc1[P+](=O)[O-].CCCCCCCCCc1ccccc1[P+](=O)[O-].[Nd+3]. The summed E-state index contributed by atoms with van der Waals surface area (Å²) >= 11 is 0. The topological polar surface area (TPSA) is 120 Å². The molecular weight excluding hydrogens is 874 g/mol. The van der Waals surface area contributed by atoms with Gasteiger partial charge in [0, 0.05) is 16.7 Å². The van der Waals surface area contributed by atoms with Gasteiger partial charge in [0.15, 0.2) is 15.9 Å². The van der Waals surface area contributed by atoms with Gasteiger partial charge in [-0.15, -0.1) is 0 Å². The van der Waals surface area contributed by atoms with E-state index in [1.54, 1.807) is 36.4 Å². The van der Waals surface area contributed by atoms with Crippen LogP contribution in [-0.2, 0) is 33.0 Å². The van der Waals surface area contributed by atoms with Crippen molar-refractivity contribution in [2.75, 3.05) is 0 Å². The van der Waals surface area contributed by atoms with Crippen molar-refractivity contribution in [3.05, 3.63) is 89.5 Å². The first-order chi connectivity index (χ1) is 26.3. The van der Waals surface area contributed by atoms with E-state index in [1.807, 2.05) is 36.4 Å². The first-order valence-electron chi connectivity index (χ1n) is 20.9. The first-order valence-corrected chi connectivity index (χ1v) is 24.5. The quantitative estimate of drug-likeness (QED) is 0.0554. The van der Waals surface area contributed by atoms with E-state index >= 15 is 0 Å². The molecule has 3 rings (SSSR count). The molecule has 0 aliphatic carbocycles. The number of benzene rings is 3. The minimum absolute atomic E-state index is 0. The van der Waals surface area contributed by atoms with E-state index in [2.05, 4.69) is 20.8 Å². The summed E-state index contributed by atoms with van der Waals surface area (Å²) < 4.78 is 33.2. The molecule has 3 aromatic rings. The molecular formula is C45H69NdO6P3+3. The molecule has 301 valence electrons. The van der Waals surface area contributed by atoms with Crippen LogP contribution in [0.15, 0.2) is 72.8 Å². The van der Waals surface area contributed by atoms with Gasteiger partial charge >= 0.3 is 64.9 Å². The first kappa shape index (κ1) is 54.2. The van der Waals surface area contributed by atoms with Crippen LogP contribution < -0.4 is 30.6 Å². The summed E-state index contributed by atoms with van der Waals surface area (Å²) in [7, 11) is -7.35. The number of unbranched alkanes of at least 4 members (excludes halogenated alkanes) is 18. The molecule has 0 fully saturated rings. The smallest absolute Gasteiger partial charge is 0.591 e. The predicted molar refractivity (Wildman–Crippen MR) is 226 cm³/mol. The van der Waals surface area contributed by atoms with Crippen LogP contribution >= 0.6 is 24.1 Å². The van der Waals surface area contributed by atoms with Crippen LogP contribution in [0.4, 0.5) is 0 Å². The van der Waals surface area contributed by atoms with Crippen LogP contribution in [0.2, 0.25) is 0 Å². The third-order valence-electron chi connectivity index (χ3n) is 9.71. The second kappa shape index (κ2) is 37.5. The van der Waals surface area contributed by atoms with Crippen molar-refractivity contribution in [3.8, 4) is 0 Å². The van der Waals surface area contributed by atoms with Gasteiger partial charge in [0.2, 0.25) is 0 Å². The van der Waals surface area contributed by atoms with Gasteiger partial charge in [-0.25, -0.2) is 0 Å². The molecule has 0 saturated heterocycles. The molecule has 3 atom stereocenters. The zero-order valence-electron chi connectivity index (χ0n) is 34.2. The van der Waals surface area contributed by atoms with Crippen LogP contribution in [0.3, 0.4) is 0 Å². The van der Waals surface area contributed by atoms with Crippen molar-refractivity contribution < 1.29 is 69.2 Å². The van der Waals surface area contributed by atoms with E-state index in [4.69, 9.17) is 0 Å². The summed E-state index contributed by atoms with van der Waals surface area (Å²) in [6, 6.07) is 22.0. The van der Waals surface area contributed by atoms with Crippen LogP contribution in [0, 0.1) is 40.8 Å². The largest absolute Gasteiger partial charge is 3.00 e. The van der Waals surface area contributed by atoms with Crippen LogP contribution in [0.5, 0.6) is 0 Å². The van der Waals surface area contributed by atoms with Gasteiger partial charge in [-0.3, -0.25) is 0 Å². The van der Waals surface area contributed by atoms with Crippen molar-refractivity contribution in [2.24, 2.45) is 0 Å². The molecule has 0 saturated carbocycles. The third kappa shape index (κ3) is 27.5. The molecule has 0 spiro atoms. The summed E-state index contributed by atoms with van der Waals surface area (Å²) in [5.74, 6) is 0. The van der Waals surface area contributed by atoms with Gasteiger partial charge in [0.05, 0.1) is 0 Å². The number of rotatable bonds is 27. The average molecular weight is 943 g/mol. The van der Waals surface area contributed by atoms with Crippen LogP contribution in [0.1, 0.15) is 172 Å². The van der Waals surface area contributed by atoms with Crippen molar-refractivity contribution in [1.82, 2.24) is 0 Å². The van der Waals surface area contributed by atoms with Gasteiger partial charge in [-0.2, -0.15) is 0 Å². The molecule has 0 heterocycles. The molecule has 1 radical (unpaired) electrons. The molecule has 6 nitrogen and oxygen atoms in total. The van der Waals surface area contributed by atoms with Gasteiger partial charge in [-0.05, 0) is 56.7 Å². The number of aryl methyl sites for hydroxylation is 3. The van der Waals surface area contributed by atoms with Crippen molar-refractivity contribution in [2.45, 2.75) is 175 Å². The second-order valence-electron chi connectivity index (χ2n) is 14.3. The normalized spacial score (nSPS) is 11.3. The summed E-state index contributed by atoms with van der Waals surface area (Å²) in [6.45, 7) is 6.67. The minimum Gasteiger partial charge on any atom is -0.591 e. The molecule has 55 heavy (non-hydrogen) atoms. The minimum atomic E-state index is -2.45. The predicted octanol–water partition coefficient (Wildman–Crippen LogP) is 11.1. The monoisotopic (exact) mass is 940 g/mol. The third-order valence-corrected chi connectivity index (χ3v) is 12.2. The summed E-state index contributed by atoms with van der Waals surface area (Å²) in [5, 5.41) is 1.50. The fourth-order valence-corrected chi connectivity index (χ4v) is 8.40.